The number of anilines is 1. The predicted octanol–water partition coefficient (Wildman–Crippen LogP) is 1.21. The number of benzene rings is 1. The second kappa shape index (κ2) is 8.25. The topological polar surface area (TPSA) is 106 Å². The SMILES string of the molecule is Cc1nc(N2CCOCC2)sc1C(=O)NNC(=O)c1cc(=O)n(C)c2ccccc12. The van der Waals surface area contributed by atoms with E-state index in [0.29, 0.717) is 34.7 Å². The number of nitrogens with zero attached hydrogens (tertiary/aromatic N) is 3. The van der Waals surface area contributed by atoms with Crippen LogP contribution in [0, 0.1) is 6.92 Å². The van der Waals surface area contributed by atoms with Gasteiger partial charge in [0.2, 0.25) is 0 Å². The van der Waals surface area contributed by atoms with E-state index in [2.05, 4.69) is 20.7 Å². The molecule has 0 spiro atoms. The molecule has 1 saturated heterocycles. The van der Waals surface area contributed by atoms with Gasteiger partial charge in [-0.15, -0.1) is 0 Å². The van der Waals surface area contributed by atoms with Gasteiger partial charge in [0.25, 0.3) is 17.4 Å². The van der Waals surface area contributed by atoms with Crippen LogP contribution in [0.3, 0.4) is 0 Å². The van der Waals surface area contributed by atoms with Crippen LogP contribution in [0.2, 0.25) is 0 Å². The largest absolute Gasteiger partial charge is 0.378 e. The molecule has 1 aromatic carbocycles. The van der Waals surface area contributed by atoms with Gasteiger partial charge in [-0.1, -0.05) is 29.5 Å². The maximum atomic E-state index is 12.7. The van der Waals surface area contributed by atoms with Crippen molar-refractivity contribution in [2.45, 2.75) is 6.92 Å². The van der Waals surface area contributed by atoms with E-state index in [-0.39, 0.29) is 11.1 Å². The number of carbonyl (C=O) groups is 2. The van der Waals surface area contributed by atoms with Crippen molar-refractivity contribution in [3.05, 3.63) is 56.8 Å². The minimum Gasteiger partial charge on any atom is -0.378 e. The number of carbonyl (C=O) groups excluding carboxylic acids is 2. The highest BCUT2D eigenvalue weighted by Crippen LogP contribution is 2.26. The molecule has 1 fully saturated rings. The van der Waals surface area contributed by atoms with Crippen molar-refractivity contribution in [1.29, 1.82) is 0 Å². The van der Waals surface area contributed by atoms with Gasteiger partial charge < -0.3 is 14.2 Å². The van der Waals surface area contributed by atoms with Gasteiger partial charge in [-0.2, -0.15) is 0 Å². The number of hydrogen-bond donors (Lipinski definition) is 2. The average molecular weight is 427 g/mol. The van der Waals surface area contributed by atoms with Crippen molar-refractivity contribution in [2.24, 2.45) is 7.05 Å². The third-order valence-electron chi connectivity index (χ3n) is 4.96. The molecule has 3 aromatic rings. The highest BCUT2D eigenvalue weighted by Gasteiger charge is 2.21. The third-order valence-corrected chi connectivity index (χ3v) is 6.18. The number of aromatic nitrogens is 2. The van der Waals surface area contributed by atoms with Crippen LogP contribution in [0.5, 0.6) is 0 Å². The Morgan fingerprint density at radius 3 is 2.60 bits per heavy atom. The Balaban J connectivity index is 1.50. The van der Waals surface area contributed by atoms with Gasteiger partial charge in [0, 0.05) is 31.6 Å². The van der Waals surface area contributed by atoms with Crippen molar-refractivity contribution in [3.8, 4) is 0 Å². The van der Waals surface area contributed by atoms with Gasteiger partial charge in [0.1, 0.15) is 4.88 Å². The second-order valence-corrected chi connectivity index (χ2v) is 7.87. The van der Waals surface area contributed by atoms with Gasteiger partial charge in [-0.25, -0.2) is 4.98 Å². The molecule has 0 aliphatic carbocycles. The lowest BCUT2D eigenvalue weighted by Gasteiger charge is -2.25. The molecule has 0 bridgehead atoms. The van der Waals surface area contributed by atoms with Crippen molar-refractivity contribution in [3.63, 3.8) is 0 Å². The molecule has 3 heterocycles. The maximum Gasteiger partial charge on any atom is 0.281 e. The average Bonchev–Trinajstić information content (AvgIpc) is 3.16. The fourth-order valence-electron chi connectivity index (χ4n) is 3.32. The Bertz CT molecular complexity index is 1180. The van der Waals surface area contributed by atoms with Crippen LogP contribution in [-0.2, 0) is 11.8 Å². The standard InChI is InChI=1S/C20H21N5O4S/c1-12-17(30-20(21-12)25-7-9-29-10-8-25)19(28)23-22-18(27)14-11-16(26)24(2)15-6-4-3-5-13(14)15/h3-6,11H,7-10H2,1-2H3,(H,22,27)(H,23,28). The van der Waals surface area contributed by atoms with E-state index in [0.717, 1.165) is 18.2 Å². The molecule has 156 valence electrons. The van der Waals surface area contributed by atoms with Gasteiger partial charge in [0.05, 0.1) is 30.0 Å². The van der Waals surface area contributed by atoms with E-state index in [9.17, 15) is 14.4 Å². The first-order valence-corrected chi connectivity index (χ1v) is 10.3. The molecular formula is C20H21N5O4S. The van der Waals surface area contributed by atoms with E-state index in [4.69, 9.17) is 4.74 Å². The van der Waals surface area contributed by atoms with Gasteiger partial charge in [0.15, 0.2) is 5.13 Å². The minimum absolute atomic E-state index is 0.198. The molecule has 0 saturated carbocycles. The van der Waals surface area contributed by atoms with Gasteiger partial charge >= 0.3 is 0 Å². The molecule has 2 amide bonds. The van der Waals surface area contributed by atoms with Gasteiger partial charge in [-0.3, -0.25) is 25.2 Å². The lowest BCUT2D eigenvalue weighted by Crippen LogP contribution is -2.42. The van der Waals surface area contributed by atoms with Crippen molar-refractivity contribution >= 4 is 39.2 Å². The number of pyridine rings is 1. The summed E-state index contributed by atoms with van der Waals surface area (Å²) in [5, 5.41) is 1.37. The Hall–Kier alpha value is -3.24. The van der Waals surface area contributed by atoms with E-state index >= 15 is 0 Å². The molecule has 0 atom stereocenters. The summed E-state index contributed by atoms with van der Waals surface area (Å²) in [6.07, 6.45) is 0. The van der Waals surface area contributed by atoms with E-state index in [1.807, 2.05) is 0 Å². The minimum atomic E-state index is -0.562. The van der Waals surface area contributed by atoms with Crippen LogP contribution in [0.4, 0.5) is 5.13 Å². The number of hydrazine groups is 1. The van der Waals surface area contributed by atoms with Crippen LogP contribution in [0.1, 0.15) is 25.7 Å². The molecule has 0 radical (unpaired) electrons. The summed E-state index contributed by atoms with van der Waals surface area (Å²) in [5.41, 5.74) is 5.96. The Morgan fingerprint density at radius 2 is 1.83 bits per heavy atom. The zero-order valence-corrected chi connectivity index (χ0v) is 17.4. The molecule has 2 aromatic heterocycles. The molecular weight excluding hydrogens is 406 g/mol. The Labute approximate surface area is 176 Å². The highest BCUT2D eigenvalue weighted by atomic mass is 32.1. The van der Waals surface area contributed by atoms with E-state index < -0.39 is 11.8 Å². The summed E-state index contributed by atoms with van der Waals surface area (Å²) in [7, 11) is 1.65. The molecule has 4 rings (SSSR count). The Kier molecular flexibility index (Phi) is 5.51. The maximum absolute atomic E-state index is 12.7. The second-order valence-electron chi connectivity index (χ2n) is 6.89. The predicted molar refractivity (Wildman–Crippen MR) is 114 cm³/mol. The van der Waals surface area contributed by atoms with Crippen molar-refractivity contribution in [2.75, 3.05) is 31.2 Å². The van der Waals surface area contributed by atoms with Crippen LogP contribution < -0.4 is 21.3 Å². The number of nitrogens with one attached hydrogen (secondary N) is 2. The summed E-state index contributed by atoms with van der Waals surface area (Å²) < 4.78 is 6.81. The normalized spacial score (nSPS) is 14.0. The number of ether oxygens (including phenoxy) is 1. The third kappa shape index (κ3) is 3.79. The molecule has 30 heavy (non-hydrogen) atoms. The van der Waals surface area contributed by atoms with Crippen LogP contribution in [-0.4, -0.2) is 47.7 Å². The van der Waals surface area contributed by atoms with Crippen LogP contribution in [0.15, 0.2) is 35.1 Å². The fraction of sp³-hybridized carbons (Fsp3) is 0.300. The number of rotatable bonds is 3. The quantitative estimate of drug-likeness (QED) is 0.609. The summed E-state index contributed by atoms with van der Waals surface area (Å²) in [6, 6.07) is 8.37. The molecule has 1 aliphatic rings. The highest BCUT2D eigenvalue weighted by molar-refractivity contribution is 7.17. The van der Waals surface area contributed by atoms with Crippen LogP contribution >= 0.6 is 11.3 Å². The molecule has 1 aliphatic heterocycles. The fourth-order valence-corrected chi connectivity index (χ4v) is 4.33. The van der Waals surface area contributed by atoms with Gasteiger partial charge in [-0.05, 0) is 13.0 Å². The monoisotopic (exact) mass is 427 g/mol. The van der Waals surface area contributed by atoms with E-state index in [1.165, 1.54) is 22.0 Å². The summed E-state index contributed by atoms with van der Waals surface area (Å²) in [6.45, 7) is 4.45. The number of morpholine rings is 1. The summed E-state index contributed by atoms with van der Waals surface area (Å²) in [5.74, 6) is -1.01. The lowest BCUT2D eigenvalue weighted by molar-refractivity contribution is 0.0849. The lowest BCUT2D eigenvalue weighted by atomic mass is 10.1. The number of para-hydroxylation sites is 1. The molecule has 2 N–H and O–H groups in total. The number of fused-ring (bicyclic) bond motifs is 1. The molecule has 10 heteroatoms. The molecule has 9 nitrogen and oxygen atoms in total. The molecule has 0 unspecified atom stereocenters. The summed E-state index contributed by atoms with van der Waals surface area (Å²) >= 11 is 1.27. The van der Waals surface area contributed by atoms with Crippen LogP contribution in [0.25, 0.3) is 10.9 Å². The number of amides is 2. The van der Waals surface area contributed by atoms with Crippen molar-refractivity contribution in [1.82, 2.24) is 20.4 Å². The summed E-state index contributed by atoms with van der Waals surface area (Å²) in [4.78, 5) is 44.5. The number of aryl methyl sites for hydroxylation is 2. The first-order valence-electron chi connectivity index (χ1n) is 9.45. The smallest absolute Gasteiger partial charge is 0.281 e. The first-order chi connectivity index (χ1) is 14.5. The first kappa shape index (κ1) is 20.0. The van der Waals surface area contributed by atoms with Crippen molar-refractivity contribution < 1.29 is 14.3 Å². The number of hydrogen-bond acceptors (Lipinski definition) is 7. The zero-order valence-electron chi connectivity index (χ0n) is 16.6. The Morgan fingerprint density at radius 1 is 1.13 bits per heavy atom. The van der Waals surface area contributed by atoms with E-state index in [1.54, 1.807) is 38.2 Å². The number of thiazole rings is 1. The zero-order chi connectivity index (χ0) is 21.3.